The second-order valence-electron chi connectivity index (χ2n) is 3.31. The fourth-order valence-electron chi connectivity index (χ4n) is 0.654. The van der Waals surface area contributed by atoms with Crippen molar-refractivity contribution in [3.8, 4) is 0 Å². The lowest BCUT2D eigenvalue weighted by molar-refractivity contribution is -0.367. The Morgan fingerprint density at radius 1 is 1.15 bits per heavy atom. The van der Waals surface area contributed by atoms with Crippen LogP contribution in [0.5, 0.6) is 0 Å². The van der Waals surface area contributed by atoms with Crippen molar-refractivity contribution in [2.24, 2.45) is 0 Å². The topological polar surface area (TPSA) is 38.8 Å². The highest BCUT2D eigenvalue weighted by atomic mass is 17.0. The molecule has 0 aromatic carbocycles. The molecule has 13 heavy (non-hydrogen) atoms. The molecule has 4 heteroatoms. The van der Waals surface area contributed by atoms with Gasteiger partial charge in [-0.3, -0.25) is 4.79 Å². The first kappa shape index (κ1) is 12.4. The van der Waals surface area contributed by atoms with Crippen molar-refractivity contribution in [3.63, 3.8) is 0 Å². The van der Waals surface area contributed by atoms with Crippen LogP contribution in [0.3, 0.4) is 0 Å². The number of rotatable bonds is 5. The van der Waals surface area contributed by atoms with E-state index < -0.39 is 0 Å². The minimum Gasteiger partial charge on any atom is -0.270 e. The van der Waals surface area contributed by atoms with Crippen molar-refractivity contribution in [2.75, 3.05) is 0 Å². The van der Waals surface area contributed by atoms with E-state index in [0.29, 0.717) is 6.42 Å². The zero-order chi connectivity index (χ0) is 10.4. The fraction of sp³-hybridized carbons (Fsp3) is 0.889. The van der Waals surface area contributed by atoms with Crippen LogP contribution in [-0.2, 0) is 14.5 Å². The van der Waals surface area contributed by atoms with E-state index in [-0.39, 0.29) is 18.1 Å². The van der Waals surface area contributed by atoms with E-state index in [0.717, 1.165) is 5.23 Å². The van der Waals surface area contributed by atoms with E-state index in [1.54, 1.807) is 6.92 Å². The van der Waals surface area contributed by atoms with Gasteiger partial charge in [0.2, 0.25) is 0 Å². The molecule has 0 unspecified atom stereocenters. The van der Waals surface area contributed by atoms with E-state index in [9.17, 15) is 4.79 Å². The summed E-state index contributed by atoms with van der Waals surface area (Å²) in [6.45, 7) is 9.15. The summed E-state index contributed by atoms with van der Waals surface area (Å²) in [5.74, 6) is -0.164. The third-order valence-electron chi connectivity index (χ3n) is 1.12. The molecule has 0 aromatic rings. The third-order valence-corrected chi connectivity index (χ3v) is 1.12. The van der Waals surface area contributed by atoms with Gasteiger partial charge in [-0.05, 0) is 27.7 Å². The largest absolute Gasteiger partial charge is 0.273 e. The Balaban J connectivity index is 4.10. The predicted octanol–water partition coefficient (Wildman–Crippen LogP) is 1.91. The molecule has 0 atom stereocenters. The van der Waals surface area contributed by atoms with Crippen molar-refractivity contribution in [1.29, 1.82) is 0 Å². The second-order valence-corrected chi connectivity index (χ2v) is 3.31. The van der Waals surface area contributed by atoms with Gasteiger partial charge >= 0.3 is 0 Å². The highest BCUT2D eigenvalue weighted by molar-refractivity contribution is 5.73. The molecule has 0 N–H and O–H groups in total. The minimum atomic E-state index is -0.164. The first-order chi connectivity index (χ1) is 5.97. The number of carbonyl (C=O) groups excluding carboxylic acids is 1. The number of amides is 1. The molecule has 0 radical (unpaired) electrons. The molecule has 0 heterocycles. The maximum absolute atomic E-state index is 11.3. The van der Waals surface area contributed by atoms with Crippen LogP contribution in [0.15, 0.2) is 0 Å². The lowest BCUT2D eigenvalue weighted by Gasteiger charge is -2.23. The van der Waals surface area contributed by atoms with Crippen molar-refractivity contribution in [1.82, 2.24) is 5.23 Å². The summed E-state index contributed by atoms with van der Waals surface area (Å²) in [7, 11) is 0. The van der Waals surface area contributed by atoms with Crippen LogP contribution in [0.4, 0.5) is 0 Å². The van der Waals surface area contributed by atoms with E-state index in [4.69, 9.17) is 9.68 Å². The highest BCUT2D eigenvalue weighted by Gasteiger charge is 2.16. The van der Waals surface area contributed by atoms with Crippen molar-refractivity contribution in [2.45, 2.75) is 53.2 Å². The van der Waals surface area contributed by atoms with Gasteiger partial charge in [-0.25, -0.2) is 9.68 Å². The molecule has 0 bridgehead atoms. The van der Waals surface area contributed by atoms with Crippen LogP contribution in [0.25, 0.3) is 0 Å². The van der Waals surface area contributed by atoms with Gasteiger partial charge in [0.15, 0.2) is 0 Å². The smallest absolute Gasteiger partial charge is 0.270 e. The van der Waals surface area contributed by atoms with E-state index in [2.05, 4.69) is 0 Å². The monoisotopic (exact) mass is 189 g/mol. The van der Waals surface area contributed by atoms with Gasteiger partial charge in [-0.2, -0.15) is 0 Å². The quantitative estimate of drug-likeness (QED) is 0.620. The van der Waals surface area contributed by atoms with Crippen LogP contribution < -0.4 is 0 Å². The Hall–Kier alpha value is -0.610. The van der Waals surface area contributed by atoms with Crippen molar-refractivity contribution in [3.05, 3.63) is 0 Å². The average molecular weight is 189 g/mol. The lowest BCUT2D eigenvalue weighted by atomic mass is 10.4. The highest BCUT2D eigenvalue weighted by Crippen LogP contribution is 2.04. The molecule has 0 rings (SSSR count). The summed E-state index contributed by atoms with van der Waals surface area (Å²) in [5.41, 5.74) is 0. The molecular weight excluding hydrogens is 170 g/mol. The number of nitrogens with zero attached hydrogens (tertiary/aromatic N) is 1. The maximum atomic E-state index is 11.3. The number of hydroxylamine groups is 2. The molecule has 0 aliphatic heterocycles. The molecule has 78 valence electrons. The summed E-state index contributed by atoms with van der Waals surface area (Å²) >= 11 is 0. The molecule has 0 fully saturated rings. The van der Waals surface area contributed by atoms with Gasteiger partial charge in [-0.15, -0.1) is 0 Å². The Kier molecular flexibility index (Phi) is 5.66. The molecule has 0 saturated heterocycles. The van der Waals surface area contributed by atoms with Crippen LogP contribution in [0, 0.1) is 0 Å². The molecule has 0 aromatic heterocycles. The maximum Gasteiger partial charge on any atom is 0.273 e. The minimum absolute atomic E-state index is 0.0609. The summed E-state index contributed by atoms with van der Waals surface area (Å²) < 4.78 is 0. The van der Waals surface area contributed by atoms with Crippen molar-refractivity contribution < 1.29 is 14.5 Å². The normalized spacial score (nSPS) is 11.0. The van der Waals surface area contributed by atoms with Gasteiger partial charge in [-0.1, -0.05) is 12.2 Å². The lowest BCUT2D eigenvalue weighted by Crippen LogP contribution is -2.35. The van der Waals surface area contributed by atoms with E-state index in [1.807, 2.05) is 27.7 Å². The molecule has 0 saturated carbocycles. The van der Waals surface area contributed by atoms with Crippen molar-refractivity contribution >= 4 is 5.91 Å². The average Bonchev–Trinajstić information content (AvgIpc) is 2.00. The Morgan fingerprint density at radius 2 is 1.54 bits per heavy atom. The zero-order valence-corrected chi connectivity index (χ0v) is 9.03. The molecule has 0 aliphatic rings. The summed E-state index contributed by atoms with van der Waals surface area (Å²) in [6, 6.07) is 0. The first-order valence-electron chi connectivity index (χ1n) is 4.63. The third kappa shape index (κ3) is 5.60. The van der Waals surface area contributed by atoms with E-state index >= 15 is 0 Å². The van der Waals surface area contributed by atoms with Crippen LogP contribution >= 0.6 is 0 Å². The molecular formula is C9H19NO3. The van der Waals surface area contributed by atoms with Gasteiger partial charge in [0, 0.05) is 6.42 Å². The Labute approximate surface area is 79.7 Å². The van der Waals surface area contributed by atoms with Gasteiger partial charge in [0.1, 0.15) is 0 Å². The van der Waals surface area contributed by atoms with Crippen LogP contribution in [-0.4, -0.2) is 23.3 Å². The predicted molar refractivity (Wildman–Crippen MR) is 49.6 cm³/mol. The van der Waals surface area contributed by atoms with E-state index in [1.165, 1.54) is 0 Å². The van der Waals surface area contributed by atoms with Crippen LogP contribution in [0.1, 0.15) is 41.0 Å². The van der Waals surface area contributed by atoms with Gasteiger partial charge in [0.25, 0.3) is 5.91 Å². The summed E-state index contributed by atoms with van der Waals surface area (Å²) in [6.07, 6.45) is 0.253. The Bertz CT molecular complexity index is 147. The van der Waals surface area contributed by atoms with Crippen LogP contribution in [0.2, 0.25) is 0 Å². The fourth-order valence-corrected chi connectivity index (χ4v) is 0.654. The summed E-state index contributed by atoms with van der Waals surface area (Å²) in [5, 5.41) is 0.981. The number of hydrogen-bond acceptors (Lipinski definition) is 3. The SMILES string of the molecule is CCC(=O)N(OC(C)C)OC(C)C. The second kappa shape index (κ2) is 5.94. The van der Waals surface area contributed by atoms with Gasteiger partial charge < -0.3 is 0 Å². The summed E-state index contributed by atoms with van der Waals surface area (Å²) in [4.78, 5) is 21.6. The molecule has 0 aliphatic carbocycles. The number of hydrogen-bond donors (Lipinski definition) is 0. The first-order valence-corrected chi connectivity index (χ1v) is 4.63. The Morgan fingerprint density at radius 3 is 1.77 bits per heavy atom. The molecule has 1 amide bonds. The zero-order valence-electron chi connectivity index (χ0n) is 9.03. The number of carbonyl (C=O) groups is 1. The molecule has 0 spiro atoms. The standard InChI is InChI=1S/C9H19NO3/c1-6-9(11)10(12-7(2)3)13-8(4)5/h7-8H,6H2,1-5H3. The molecule has 4 nitrogen and oxygen atoms in total. The van der Waals surface area contributed by atoms with Gasteiger partial charge in [0.05, 0.1) is 12.2 Å².